The lowest BCUT2D eigenvalue weighted by molar-refractivity contribution is -0.140. The number of halogens is 1. The maximum atomic E-state index is 13.7. The van der Waals surface area contributed by atoms with Crippen LogP contribution in [0.5, 0.6) is 5.75 Å². The van der Waals surface area contributed by atoms with E-state index in [1.165, 1.54) is 16.9 Å². The predicted molar refractivity (Wildman–Crippen MR) is 123 cm³/mol. The first kappa shape index (κ1) is 20.5. The molecule has 7 rings (SSSR count). The molecule has 1 saturated heterocycles. The summed E-state index contributed by atoms with van der Waals surface area (Å²) in [7, 11) is 1.51. The molecule has 2 bridgehead atoms. The van der Waals surface area contributed by atoms with E-state index in [9.17, 15) is 14.4 Å². The molecule has 4 aliphatic carbocycles. The van der Waals surface area contributed by atoms with Crippen LogP contribution >= 0.6 is 11.6 Å². The summed E-state index contributed by atoms with van der Waals surface area (Å²) in [5.41, 5.74) is 0.907. The Hall–Kier alpha value is -3.12. The first-order valence-electron chi connectivity index (χ1n) is 11.2. The third-order valence-corrected chi connectivity index (χ3v) is 8.01. The summed E-state index contributed by atoms with van der Waals surface area (Å²) in [6.45, 7) is -0.141. The average molecular weight is 463 g/mol. The molecule has 33 heavy (non-hydrogen) atoms. The van der Waals surface area contributed by atoms with Gasteiger partial charge in [0.15, 0.2) is 0 Å². The minimum atomic E-state index is -0.353. The molecule has 1 aliphatic heterocycles. The van der Waals surface area contributed by atoms with Crippen molar-refractivity contribution in [3.8, 4) is 5.75 Å². The molecular weight excluding hydrogens is 440 g/mol. The number of ether oxygens (including phenoxy) is 1. The van der Waals surface area contributed by atoms with E-state index in [2.05, 4.69) is 12.2 Å². The van der Waals surface area contributed by atoms with Gasteiger partial charge < -0.3 is 4.74 Å². The Morgan fingerprint density at radius 2 is 1.61 bits per heavy atom. The molecule has 168 valence electrons. The Labute approximate surface area is 196 Å². The van der Waals surface area contributed by atoms with E-state index >= 15 is 0 Å². The number of hydrogen-bond acceptors (Lipinski definition) is 4. The maximum absolute atomic E-state index is 13.7. The molecule has 6 nitrogen and oxygen atoms in total. The number of methoxy groups -OCH3 is 1. The minimum Gasteiger partial charge on any atom is -0.496 e. The highest BCUT2D eigenvalue weighted by Crippen LogP contribution is 2.65. The summed E-state index contributed by atoms with van der Waals surface area (Å²) in [5, 5.41) is 0.532. The predicted octanol–water partition coefficient (Wildman–Crippen LogP) is 4.01. The molecular formula is C26H23ClN2O4. The second kappa shape index (κ2) is 7.45. The minimum absolute atomic E-state index is 0.139. The molecule has 5 aliphatic rings. The fourth-order valence-corrected chi connectivity index (χ4v) is 6.28. The number of hydrogen-bond donors (Lipinski definition) is 0. The Morgan fingerprint density at radius 1 is 1.00 bits per heavy atom. The fraction of sp³-hybridized carbons (Fsp3) is 0.346. The van der Waals surface area contributed by atoms with E-state index in [1.807, 2.05) is 0 Å². The topological polar surface area (TPSA) is 66.9 Å². The Balaban J connectivity index is 1.35. The Kier molecular flexibility index (Phi) is 4.63. The summed E-state index contributed by atoms with van der Waals surface area (Å²) in [6.07, 6.45) is 5.40. The average Bonchev–Trinajstić information content (AvgIpc) is 3.63. The number of likely N-dealkylation sites (tertiary alicyclic amines) is 1. The van der Waals surface area contributed by atoms with Gasteiger partial charge in [0.05, 0.1) is 24.5 Å². The number of allylic oxidation sites excluding steroid dienone is 2. The molecule has 0 N–H and O–H groups in total. The van der Waals surface area contributed by atoms with Crippen LogP contribution in [-0.2, 0) is 9.59 Å². The molecule has 6 atom stereocenters. The van der Waals surface area contributed by atoms with Crippen LogP contribution in [0.4, 0.5) is 5.69 Å². The normalized spacial score (nSPS) is 30.8. The standard InChI is InChI=1S/C26H23ClN2O4/c1-33-21-5-3-2-4-18(21)24(30)28(15-8-6-14(27)7-9-15)13-29-25(31)22-16-10-11-17(20-12-19(16)20)23(22)26(29)32/h2-11,16-17,19-20,22-23H,12-13H2,1H3. The summed E-state index contributed by atoms with van der Waals surface area (Å²) in [4.78, 5) is 43.4. The van der Waals surface area contributed by atoms with E-state index in [0.29, 0.717) is 33.9 Å². The van der Waals surface area contributed by atoms with Crippen LogP contribution in [0.1, 0.15) is 16.8 Å². The first-order valence-corrected chi connectivity index (χ1v) is 11.6. The number of carbonyl (C=O) groups is 3. The number of amides is 3. The summed E-state index contributed by atoms with van der Waals surface area (Å²) in [5.74, 6) is 0.477. The smallest absolute Gasteiger partial charge is 0.263 e. The third kappa shape index (κ3) is 3.04. The number of nitrogens with zero attached hydrogens (tertiary/aromatic N) is 2. The molecule has 3 fully saturated rings. The summed E-state index contributed by atoms with van der Waals surface area (Å²) >= 11 is 6.07. The van der Waals surface area contributed by atoms with Crippen LogP contribution in [0, 0.1) is 35.5 Å². The molecule has 2 aromatic carbocycles. The van der Waals surface area contributed by atoms with E-state index < -0.39 is 0 Å². The van der Waals surface area contributed by atoms with Crippen LogP contribution in [0.25, 0.3) is 0 Å². The lowest BCUT2D eigenvalue weighted by atomic mass is 9.63. The zero-order chi connectivity index (χ0) is 22.9. The van der Waals surface area contributed by atoms with Crippen molar-refractivity contribution in [2.24, 2.45) is 35.5 Å². The number of rotatable bonds is 5. The summed E-state index contributed by atoms with van der Waals surface area (Å²) in [6, 6.07) is 13.7. The molecule has 1 heterocycles. The van der Waals surface area contributed by atoms with Crippen LogP contribution in [0.3, 0.4) is 0 Å². The van der Waals surface area contributed by atoms with Gasteiger partial charge in [0.2, 0.25) is 11.8 Å². The first-order chi connectivity index (χ1) is 16.0. The number of imide groups is 1. The van der Waals surface area contributed by atoms with Crippen LogP contribution < -0.4 is 9.64 Å². The lowest BCUT2D eigenvalue weighted by Crippen LogP contribution is -2.45. The van der Waals surface area contributed by atoms with Gasteiger partial charge in [0.1, 0.15) is 12.4 Å². The highest BCUT2D eigenvalue weighted by molar-refractivity contribution is 6.30. The molecule has 2 saturated carbocycles. The van der Waals surface area contributed by atoms with Gasteiger partial charge >= 0.3 is 0 Å². The Bertz CT molecular complexity index is 1160. The SMILES string of the molecule is COc1ccccc1C(=O)N(CN1C(=O)C2C3C=CC(C4CC34)C2C1=O)c1ccc(Cl)cc1. The molecule has 0 spiro atoms. The molecule has 0 aromatic heterocycles. The van der Waals surface area contributed by atoms with Gasteiger partial charge in [-0.25, -0.2) is 0 Å². The zero-order valence-corrected chi connectivity index (χ0v) is 18.8. The highest BCUT2D eigenvalue weighted by atomic mass is 35.5. The van der Waals surface area contributed by atoms with Gasteiger partial charge in [0.25, 0.3) is 5.91 Å². The van der Waals surface area contributed by atoms with Gasteiger partial charge in [-0.2, -0.15) is 0 Å². The molecule has 0 radical (unpaired) electrons. The largest absolute Gasteiger partial charge is 0.496 e. The monoisotopic (exact) mass is 462 g/mol. The van der Waals surface area contributed by atoms with Crippen molar-refractivity contribution in [3.05, 3.63) is 71.3 Å². The van der Waals surface area contributed by atoms with Crippen molar-refractivity contribution in [2.75, 3.05) is 18.7 Å². The Morgan fingerprint density at radius 3 is 2.21 bits per heavy atom. The van der Waals surface area contributed by atoms with Crippen molar-refractivity contribution in [1.82, 2.24) is 4.90 Å². The zero-order valence-electron chi connectivity index (χ0n) is 18.1. The van der Waals surface area contributed by atoms with Crippen LogP contribution in [-0.4, -0.2) is 36.4 Å². The van der Waals surface area contributed by atoms with E-state index in [0.717, 1.165) is 6.42 Å². The molecule has 6 unspecified atom stereocenters. The van der Waals surface area contributed by atoms with Gasteiger partial charge in [-0.05, 0) is 66.5 Å². The van der Waals surface area contributed by atoms with Crippen LogP contribution in [0.2, 0.25) is 5.02 Å². The van der Waals surface area contributed by atoms with Gasteiger partial charge in [-0.1, -0.05) is 35.9 Å². The summed E-state index contributed by atoms with van der Waals surface area (Å²) < 4.78 is 5.39. The molecule has 7 heteroatoms. The van der Waals surface area contributed by atoms with Crippen molar-refractivity contribution in [3.63, 3.8) is 0 Å². The maximum Gasteiger partial charge on any atom is 0.263 e. The van der Waals surface area contributed by atoms with Crippen molar-refractivity contribution >= 4 is 35.0 Å². The number of benzene rings is 2. The second-order valence-electron chi connectivity index (χ2n) is 9.31. The fourth-order valence-electron chi connectivity index (χ4n) is 6.15. The van der Waals surface area contributed by atoms with E-state index in [4.69, 9.17) is 16.3 Å². The van der Waals surface area contributed by atoms with Crippen molar-refractivity contribution in [1.29, 1.82) is 0 Å². The van der Waals surface area contributed by atoms with Crippen LogP contribution in [0.15, 0.2) is 60.7 Å². The third-order valence-electron chi connectivity index (χ3n) is 7.76. The van der Waals surface area contributed by atoms with Gasteiger partial charge in [-0.3, -0.25) is 24.2 Å². The molecule has 3 amide bonds. The number of carbonyl (C=O) groups excluding carboxylic acids is 3. The van der Waals surface area contributed by atoms with Crippen molar-refractivity contribution in [2.45, 2.75) is 6.42 Å². The highest BCUT2D eigenvalue weighted by Gasteiger charge is 2.67. The van der Waals surface area contributed by atoms with E-state index in [1.54, 1.807) is 48.5 Å². The van der Waals surface area contributed by atoms with E-state index in [-0.39, 0.29) is 48.1 Å². The lowest BCUT2D eigenvalue weighted by Gasteiger charge is -2.37. The number of para-hydroxylation sites is 1. The van der Waals surface area contributed by atoms with Gasteiger partial charge in [0, 0.05) is 10.7 Å². The van der Waals surface area contributed by atoms with Crippen molar-refractivity contribution < 1.29 is 19.1 Å². The molecule has 2 aromatic rings. The number of anilines is 1. The second-order valence-corrected chi connectivity index (χ2v) is 9.75. The quantitative estimate of drug-likeness (QED) is 0.497. The van der Waals surface area contributed by atoms with Gasteiger partial charge in [-0.15, -0.1) is 0 Å².